The predicted octanol–water partition coefficient (Wildman–Crippen LogP) is 3.89. The summed E-state index contributed by atoms with van der Waals surface area (Å²) in [5.41, 5.74) is 4.27. The standard InChI is InChI=1S/C18H28N2/c1-3-14-8-4-7-13(2)18(14)20-17-10-5-9-15(17)16-11-6-12-19-16/h4,7-8,15-17,19-20H,3,5-6,9-12H2,1-2H3. The molecule has 2 N–H and O–H groups in total. The number of nitrogens with one attached hydrogen (secondary N) is 2. The highest BCUT2D eigenvalue weighted by Gasteiger charge is 2.35. The van der Waals surface area contributed by atoms with Crippen molar-refractivity contribution >= 4 is 5.69 Å². The molecule has 3 rings (SSSR count). The van der Waals surface area contributed by atoms with E-state index >= 15 is 0 Å². The maximum absolute atomic E-state index is 3.92. The Balaban J connectivity index is 1.76. The number of para-hydroxylation sites is 1. The fourth-order valence-corrected chi connectivity index (χ4v) is 4.14. The van der Waals surface area contributed by atoms with Crippen LogP contribution in [0.25, 0.3) is 0 Å². The molecule has 3 atom stereocenters. The summed E-state index contributed by atoms with van der Waals surface area (Å²) in [5, 5.41) is 7.63. The molecule has 0 spiro atoms. The van der Waals surface area contributed by atoms with Crippen molar-refractivity contribution in [2.75, 3.05) is 11.9 Å². The quantitative estimate of drug-likeness (QED) is 0.869. The topological polar surface area (TPSA) is 24.1 Å². The SMILES string of the molecule is CCc1cccc(C)c1NC1CCCC1C1CCCN1. The lowest BCUT2D eigenvalue weighted by atomic mass is 9.92. The molecule has 2 aliphatic rings. The highest BCUT2D eigenvalue weighted by atomic mass is 15.0. The first-order valence-corrected chi connectivity index (χ1v) is 8.38. The molecule has 1 saturated heterocycles. The van der Waals surface area contributed by atoms with Crippen LogP contribution in [0.4, 0.5) is 5.69 Å². The summed E-state index contributed by atoms with van der Waals surface area (Å²) in [6, 6.07) is 8.11. The van der Waals surface area contributed by atoms with Gasteiger partial charge in [-0.05, 0) is 62.6 Å². The molecule has 1 saturated carbocycles. The lowest BCUT2D eigenvalue weighted by Crippen LogP contribution is -2.38. The molecule has 1 aliphatic heterocycles. The van der Waals surface area contributed by atoms with Crippen molar-refractivity contribution in [2.24, 2.45) is 5.92 Å². The van der Waals surface area contributed by atoms with Crippen molar-refractivity contribution in [1.82, 2.24) is 5.32 Å². The summed E-state index contributed by atoms with van der Waals surface area (Å²) in [4.78, 5) is 0. The van der Waals surface area contributed by atoms with Crippen LogP contribution in [-0.4, -0.2) is 18.6 Å². The molecular weight excluding hydrogens is 244 g/mol. The van der Waals surface area contributed by atoms with E-state index in [0.29, 0.717) is 6.04 Å². The second-order valence-corrected chi connectivity index (χ2v) is 6.51. The van der Waals surface area contributed by atoms with E-state index in [1.807, 2.05) is 0 Å². The van der Waals surface area contributed by atoms with E-state index in [-0.39, 0.29) is 0 Å². The molecule has 0 radical (unpaired) electrons. The van der Waals surface area contributed by atoms with E-state index in [0.717, 1.165) is 18.4 Å². The largest absolute Gasteiger partial charge is 0.382 e. The van der Waals surface area contributed by atoms with Gasteiger partial charge in [0.1, 0.15) is 0 Å². The highest BCUT2D eigenvalue weighted by molar-refractivity contribution is 5.58. The Labute approximate surface area is 123 Å². The molecule has 1 heterocycles. The van der Waals surface area contributed by atoms with Crippen LogP contribution in [0.15, 0.2) is 18.2 Å². The van der Waals surface area contributed by atoms with E-state index in [1.165, 1.54) is 55.5 Å². The van der Waals surface area contributed by atoms with Crippen molar-refractivity contribution in [3.8, 4) is 0 Å². The van der Waals surface area contributed by atoms with Crippen LogP contribution in [0.3, 0.4) is 0 Å². The van der Waals surface area contributed by atoms with Crippen molar-refractivity contribution < 1.29 is 0 Å². The molecule has 20 heavy (non-hydrogen) atoms. The summed E-state index contributed by atoms with van der Waals surface area (Å²) in [6.07, 6.45) is 7.95. The fourth-order valence-electron chi connectivity index (χ4n) is 4.14. The first-order chi connectivity index (χ1) is 9.79. The van der Waals surface area contributed by atoms with Crippen LogP contribution in [0.1, 0.15) is 50.2 Å². The maximum atomic E-state index is 3.92. The minimum atomic E-state index is 0.664. The number of hydrogen-bond donors (Lipinski definition) is 2. The third kappa shape index (κ3) is 2.71. The number of hydrogen-bond acceptors (Lipinski definition) is 2. The van der Waals surface area contributed by atoms with Gasteiger partial charge in [0.2, 0.25) is 0 Å². The van der Waals surface area contributed by atoms with Crippen LogP contribution < -0.4 is 10.6 Å². The zero-order valence-corrected chi connectivity index (χ0v) is 12.9. The Morgan fingerprint density at radius 3 is 2.85 bits per heavy atom. The molecule has 0 aromatic heterocycles. The Bertz CT molecular complexity index is 449. The summed E-state index contributed by atoms with van der Waals surface area (Å²) in [7, 11) is 0. The Morgan fingerprint density at radius 1 is 1.20 bits per heavy atom. The second-order valence-electron chi connectivity index (χ2n) is 6.51. The van der Waals surface area contributed by atoms with Crippen molar-refractivity contribution in [3.05, 3.63) is 29.3 Å². The zero-order chi connectivity index (χ0) is 13.9. The molecule has 1 aliphatic carbocycles. The molecule has 0 amide bonds. The summed E-state index contributed by atoms with van der Waals surface area (Å²) in [6.45, 7) is 5.71. The van der Waals surface area contributed by atoms with E-state index < -0.39 is 0 Å². The summed E-state index contributed by atoms with van der Waals surface area (Å²) in [5.74, 6) is 0.821. The minimum Gasteiger partial charge on any atom is -0.382 e. The molecular formula is C18H28N2. The van der Waals surface area contributed by atoms with E-state index in [2.05, 4.69) is 42.7 Å². The average Bonchev–Trinajstić information content (AvgIpc) is 3.11. The lowest BCUT2D eigenvalue weighted by Gasteiger charge is -2.29. The van der Waals surface area contributed by atoms with Gasteiger partial charge in [-0.3, -0.25) is 0 Å². The molecule has 2 nitrogen and oxygen atoms in total. The molecule has 2 heteroatoms. The van der Waals surface area contributed by atoms with Crippen LogP contribution in [0, 0.1) is 12.8 Å². The second kappa shape index (κ2) is 6.17. The molecule has 1 aromatic rings. The molecule has 1 aromatic carbocycles. The van der Waals surface area contributed by atoms with Gasteiger partial charge >= 0.3 is 0 Å². The predicted molar refractivity (Wildman–Crippen MR) is 86.3 cm³/mol. The Morgan fingerprint density at radius 2 is 2.10 bits per heavy atom. The highest BCUT2D eigenvalue weighted by Crippen LogP contribution is 2.35. The Kier molecular flexibility index (Phi) is 4.30. The summed E-state index contributed by atoms with van der Waals surface area (Å²) >= 11 is 0. The zero-order valence-electron chi connectivity index (χ0n) is 12.9. The third-order valence-electron chi connectivity index (χ3n) is 5.25. The smallest absolute Gasteiger partial charge is 0.0404 e. The Hall–Kier alpha value is -1.02. The van der Waals surface area contributed by atoms with Crippen molar-refractivity contribution in [2.45, 2.75) is 64.5 Å². The van der Waals surface area contributed by atoms with E-state index in [1.54, 1.807) is 0 Å². The molecule has 2 fully saturated rings. The normalized spacial score (nSPS) is 29.8. The number of aryl methyl sites for hydroxylation is 2. The van der Waals surface area contributed by atoms with Gasteiger partial charge in [-0.1, -0.05) is 31.5 Å². The van der Waals surface area contributed by atoms with Gasteiger partial charge in [0.15, 0.2) is 0 Å². The van der Waals surface area contributed by atoms with Crippen molar-refractivity contribution in [1.29, 1.82) is 0 Å². The van der Waals surface area contributed by atoms with Gasteiger partial charge in [-0.2, -0.15) is 0 Å². The molecule has 3 unspecified atom stereocenters. The average molecular weight is 272 g/mol. The van der Waals surface area contributed by atoms with Crippen LogP contribution in [0.5, 0.6) is 0 Å². The fraction of sp³-hybridized carbons (Fsp3) is 0.667. The number of rotatable bonds is 4. The van der Waals surface area contributed by atoms with Gasteiger partial charge in [-0.25, -0.2) is 0 Å². The van der Waals surface area contributed by atoms with Crippen LogP contribution in [0.2, 0.25) is 0 Å². The van der Waals surface area contributed by atoms with Gasteiger partial charge in [0.25, 0.3) is 0 Å². The van der Waals surface area contributed by atoms with Crippen molar-refractivity contribution in [3.63, 3.8) is 0 Å². The van der Waals surface area contributed by atoms with Gasteiger partial charge in [0.05, 0.1) is 0 Å². The monoisotopic (exact) mass is 272 g/mol. The molecule has 110 valence electrons. The summed E-state index contributed by atoms with van der Waals surface area (Å²) < 4.78 is 0. The van der Waals surface area contributed by atoms with Crippen LogP contribution in [-0.2, 0) is 6.42 Å². The van der Waals surface area contributed by atoms with Gasteiger partial charge in [0, 0.05) is 17.8 Å². The third-order valence-corrected chi connectivity index (χ3v) is 5.25. The lowest BCUT2D eigenvalue weighted by molar-refractivity contribution is 0.376. The van der Waals surface area contributed by atoms with Crippen LogP contribution >= 0.6 is 0 Å². The molecule has 0 bridgehead atoms. The first-order valence-electron chi connectivity index (χ1n) is 8.38. The minimum absolute atomic E-state index is 0.664. The van der Waals surface area contributed by atoms with E-state index in [9.17, 15) is 0 Å². The number of benzene rings is 1. The maximum Gasteiger partial charge on any atom is 0.0404 e. The van der Waals surface area contributed by atoms with E-state index in [4.69, 9.17) is 0 Å². The number of anilines is 1. The first kappa shape index (κ1) is 13.9. The van der Waals surface area contributed by atoms with Gasteiger partial charge < -0.3 is 10.6 Å². The van der Waals surface area contributed by atoms with Gasteiger partial charge in [-0.15, -0.1) is 0 Å².